The Hall–Kier alpha value is -3.92. The Bertz CT molecular complexity index is 1510. The summed E-state index contributed by atoms with van der Waals surface area (Å²) in [4.78, 5) is 42.9. The van der Waals surface area contributed by atoms with Crippen LogP contribution in [-0.2, 0) is 9.53 Å². The highest BCUT2D eigenvalue weighted by atomic mass is 32.2. The summed E-state index contributed by atoms with van der Waals surface area (Å²) in [6.45, 7) is 4.43. The van der Waals surface area contributed by atoms with Gasteiger partial charge in [-0.25, -0.2) is 14.5 Å². The fourth-order valence-electron chi connectivity index (χ4n) is 4.16. The summed E-state index contributed by atoms with van der Waals surface area (Å²) in [5.41, 5.74) is 3.27. The number of rotatable bonds is 8. The molecule has 37 heavy (non-hydrogen) atoms. The van der Waals surface area contributed by atoms with Crippen molar-refractivity contribution in [2.24, 2.45) is 0 Å². The van der Waals surface area contributed by atoms with Crippen LogP contribution in [0.15, 0.2) is 64.7 Å². The van der Waals surface area contributed by atoms with E-state index >= 15 is 0 Å². The second-order valence-electron chi connectivity index (χ2n) is 8.98. The number of unbranched alkanes of at least 4 members (excludes halogenated alkanes) is 1. The molecule has 1 amide bonds. The van der Waals surface area contributed by atoms with Crippen LogP contribution >= 0.6 is 11.8 Å². The summed E-state index contributed by atoms with van der Waals surface area (Å²) in [7, 11) is 0. The number of hydrogen-bond acceptors (Lipinski definition) is 7. The van der Waals surface area contributed by atoms with E-state index in [-0.39, 0.29) is 29.9 Å². The molecule has 4 aromatic rings. The Balaban J connectivity index is 1.29. The van der Waals surface area contributed by atoms with E-state index in [1.807, 2.05) is 38.1 Å². The zero-order valence-electron chi connectivity index (χ0n) is 20.6. The lowest BCUT2D eigenvalue weighted by Gasteiger charge is -2.14. The van der Waals surface area contributed by atoms with Crippen molar-refractivity contribution in [1.29, 1.82) is 0 Å². The fourth-order valence-corrected chi connectivity index (χ4v) is 5.29. The van der Waals surface area contributed by atoms with Gasteiger partial charge in [0.1, 0.15) is 5.39 Å². The van der Waals surface area contributed by atoms with Crippen molar-refractivity contribution in [2.45, 2.75) is 44.3 Å². The maximum absolute atomic E-state index is 13.3. The summed E-state index contributed by atoms with van der Waals surface area (Å²) in [6.07, 6.45) is 3.43. The van der Waals surface area contributed by atoms with Crippen LogP contribution in [0.3, 0.4) is 0 Å². The predicted molar refractivity (Wildman–Crippen MR) is 143 cm³/mol. The summed E-state index contributed by atoms with van der Waals surface area (Å²) < 4.78 is 8.48. The molecule has 0 spiro atoms. The minimum atomic E-state index is -0.380. The molecule has 2 aromatic carbocycles. The van der Waals surface area contributed by atoms with Crippen LogP contribution in [0.5, 0.6) is 0 Å². The van der Waals surface area contributed by atoms with Crippen molar-refractivity contribution >= 4 is 40.4 Å². The SMILES string of the molecule is CCCCOC(=O)c1ccc(NC(=O)CC2CSc3nc4c(cnn4-c4ccc(C)cc4)c(=O)n32)cc1. The van der Waals surface area contributed by atoms with Gasteiger partial charge < -0.3 is 10.1 Å². The predicted octanol–water partition coefficient (Wildman–Crippen LogP) is 4.52. The van der Waals surface area contributed by atoms with E-state index in [1.54, 1.807) is 33.5 Å². The Kier molecular flexibility index (Phi) is 7.09. The second-order valence-corrected chi connectivity index (χ2v) is 9.97. The highest BCUT2D eigenvalue weighted by Gasteiger charge is 2.29. The lowest BCUT2D eigenvalue weighted by atomic mass is 10.2. The van der Waals surface area contributed by atoms with Crippen LogP contribution in [-0.4, -0.2) is 43.6 Å². The molecule has 1 aliphatic heterocycles. The maximum Gasteiger partial charge on any atom is 0.338 e. The molecule has 1 unspecified atom stereocenters. The fraction of sp³-hybridized carbons (Fsp3) is 0.296. The summed E-state index contributed by atoms with van der Waals surface area (Å²) >= 11 is 1.46. The highest BCUT2D eigenvalue weighted by molar-refractivity contribution is 7.99. The van der Waals surface area contributed by atoms with Crippen LogP contribution in [0.4, 0.5) is 5.69 Å². The molecule has 2 aromatic heterocycles. The molecule has 5 rings (SSSR count). The number of benzene rings is 2. The maximum atomic E-state index is 13.3. The van der Waals surface area contributed by atoms with Crippen molar-refractivity contribution < 1.29 is 14.3 Å². The van der Waals surface area contributed by atoms with Crippen LogP contribution in [0, 0.1) is 6.92 Å². The van der Waals surface area contributed by atoms with Gasteiger partial charge in [-0.2, -0.15) is 5.10 Å². The number of nitrogens with zero attached hydrogens (tertiary/aromatic N) is 4. The van der Waals surface area contributed by atoms with E-state index in [1.165, 1.54) is 18.0 Å². The topological polar surface area (TPSA) is 108 Å². The number of amides is 1. The molecule has 0 aliphatic carbocycles. The van der Waals surface area contributed by atoms with Gasteiger partial charge >= 0.3 is 5.97 Å². The number of carbonyl (C=O) groups excluding carboxylic acids is 2. The van der Waals surface area contributed by atoms with E-state index in [4.69, 9.17) is 9.72 Å². The lowest BCUT2D eigenvalue weighted by Crippen LogP contribution is -2.27. The Morgan fingerprint density at radius 2 is 1.89 bits per heavy atom. The number of hydrogen-bond donors (Lipinski definition) is 1. The van der Waals surface area contributed by atoms with Gasteiger partial charge in [-0.15, -0.1) is 0 Å². The van der Waals surface area contributed by atoms with Gasteiger partial charge in [-0.1, -0.05) is 42.8 Å². The number of nitrogens with one attached hydrogen (secondary N) is 1. The first-order chi connectivity index (χ1) is 17.9. The quantitative estimate of drug-likeness (QED) is 0.208. The van der Waals surface area contributed by atoms with E-state index in [9.17, 15) is 14.4 Å². The van der Waals surface area contributed by atoms with Crippen LogP contribution in [0.2, 0.25) is 0 Å². The molecular formula is C27H27N5O4S. The van der Waals surface area contributed by atoms with Gasteiger partial charge in [-0.3, -0.25) is 14.2 Å². The molecule has 0 saturated heterocycles. The van der Waals surface area contributed by atoms with E-state index in [0.717, 1.165) is 24.1 Å². The van der Waals surface area contributed by atoms with Gasteiger partial charge in [0.25, 0.3) is 5.56 Å². The molecule has 3 heterocycles. The zero-order chi connectivity index (χ0) is 25.9. The van der Waals surface area contributed by atoms with E-state index in [0.29, 0.717) is 39.8 Å². The van der Waals surface area contributed by atoms with Gasteiger partial charge in [0, 0.05) is 17.9 Å². The summed E-state index contributed by atoms with van der Waals surface area (Å²) in [5.74, 6) is -0.0307. The minimum Gasteiger partial charge on any atom is -0.462 e. The molecule has 0 radical (unpaired) electrons. The average Bonchev–Trinajstić information content (AvgIpc) is 3.50. The Morgan fingerprint density at radius 1 is 1.14 bits per heavy atom. The smallest absolute Gasteiger partial charge is 0.338 e. The number of carbonyl (C=O) groups is 2. The van der Waals surface area contributed by atoms with Gasteiger partial charge in [0.2, 0.25) is 5.91 Å². The molecule has 0 saturated carbocycles. The lowest BCUT2D eigenvalue weighted by molar-refractivity contribution is -0.116. The van der Waals surface area contributed by atoms with Crippen molar-refractivity contribution in [3.8, 4) is 5.69 Å². The number of ether oxygens (including phenoxy) is 1. The molecule has 10 heteroatoms. The number of thioether (sulfide) groups is 1. The zero-order valence-corrected chi connectivity index (χ0v) is 21.5. The average molecular weight is 518 g/mol. The molecule has 0 bridgehead atoms. The molecule has 190 valence electrons. The molecule has 1 aliphatic rings. The normalized spacial score (nSPS) is 14.5. The molecule has 0 fully saturated rings. The monoisotopic (exact) mass is 517 g/mol. The van der Waals surface area contributed by atoms with Crippen molar-refractivity contribution in [3.63, 3.8) is 0 Å². The first-order valence-corrected chi connectivity index (χ1v) is 13.2. The third kappa shape index (κ3) is 5.15. The third-order valence-corrected chi connectivity index (χ3v) is 7.30. The largest absolute Gasteiger partial charge is 0.462 e. The number of anilines is 1. The number of fused-ring (bicyclic) bond motifs is 2. The number of esters is 1. The van der Waals surface area contributed by atoms with Gasteiger partial charge in [0.15, 0.2) is 10.8 Å². The molecule has 1 N–H and O–H groups in total. The highest BCUT2D eigenvalue weighted by Crippen LogP contribution is 2.33. The first-order valence-electron chi connectivity index (χ1n) is 12.2. The molecular weight excluding hydrogens is 490 g/mol. The van der Waals surface area contributed by atoms with Crippen molar-refractivity contribution in [1.82, 2.24) is 19.3 Å². The van der Waals surface area contributed by atoms with Crippen molar-refractivity contribution in [2.75, 3.05) is 17.7 Å². The first kappa shape index (κ1) is 24.8. The minimum absolute atomic E-state index is 0.125. The number of aryl methyl sites for hydroxylation is 1. The Labute approximate surface area is 217 Å². The van der Waals surface area contributed by atoms with Gasteiger partial charge in [0.05, 0.1) is 30.1 Å². The van der Waals surface area contributed by atoms with Crippen LogP contribution in [0.1, 0.15) is 48.1 Å². The van der Waals surface area contributed by atoms with E-state index < -0.39 is 0 Å². The standard InChI is InChI=1S/C27H27N5O4S/c1-3-4-13-36-26(35)18-7-9-19(10-8-18)29-23(33)14-21-16-37-27-30-24-22(25(34)31(21)27)15-28-32(24)20-11-5-17(2)6-12-20/h5-12,15,21H,3-4,13-14,16H2,1-2H3,(H,29,33). The van der Waals surface area contributed by atoms with E-state index in [2.05, 4.69) is 10.4 Å². The Morgan fingerprint density at radius 3 is 2.62 bits per heavy atom. The second kappa shape index (κ2) is 10.6. The van der Waals surface area contributed by atoms with Crippen LogP contribution in [0.25, 0.3) is 16.7 Å². The van der Waals surface area contributed by atoms with Crippen molar-refractivity contribution in [3.05, 3.63) is 76.2 Å². The number of aromatic nitrogens is 4. The van der Waals surface area contributed by atoms with Gasteiger partial charge in [-0.05, 0) is 49.7 Å². The summed E-state index contributed by atoms with van der Waals surface area (Å²) in [6, 6.07) is 14.1. The molecule has 1 atom stereocenters. The van der Waals surface area contributed by atoms with Crippen LogP contribution < -0.4 is 10.9 Å². The summed E-state index contributed by atoms with van der Waals surface area (Å²) in [5, 5.41) is 8.24. The third-order valence-electron chi connectivity index (χ3n) is 6.21. The molecule has 9 nitrogen and oxygen atoms in total.